The van der Waals surface area contributed by atoms with Gasteiger partial charge in [0.05, 0.1) is 21.7 Å². The molecule has 1 aromatic heterocycles. The lowest BCUT2D eigenvalue weighted by atomic mass is 10.0. The number of hydrogen-bond acceptors (Lipinski definition) is 6. The fourth-order valence-corrected chi connectivity index (χ4v) is 3.54. The van der Waals surface area contributed by atoms with Gasteiger partial charge in [0.25, 0.3) is 17.7 Å². The molecule has 0 fully saturated rings. The van der Waals surface area contributed by atoms with Crippen LogP contribution in [0.2, 0.25) is 5.02 Å². The van der Waals surface area contributed by atoms with Crippen LogP contribution < -0.4 is 5.32 Å². The largest absolute Gasteiger partial charge is 0.454 e. The van der Waals surface area contributed by atoms with Crippen molar-refractivity contribution in [1.29, 1.82) is 0 Å². The standard InChI is InChI=1S/C22H19ClF3N3O5/c1-11(2)7-16(29-19(31)13-5-3-4-6-14(13)20(29)32)21(33)34-10-17(30)28-18-15(23)8-12(9-27-18)22(24,25)26/h3-6,8-9,11,16H,7,10H2,1-2H3,(H,27,28,30). The number of nitrogens with one attached hydrogen (secondary N) is 1. The molecule has 0 aliphatic carbocycles. The minimum atomic E-state index is -4.66. The zero-order valence-electron chi connectivity index (χ0n) is 18.0. The maximum absolute atomic E-state index is 12.8. The number of aromatic nitrogens is 1. The summed E-state index contributed by atoms with van der Waals surface area (Å²) in [4.78, 5) is 54.8. The maximum atomic E-state index is 12.8. The summed E-state index contributed by atoms with van der Waals surface area (Å²) in [6, 6.07) is 5.45. The zero-order chi connectivity index (χ0) is 25.2. The van der Waals surface area contributed by atoms with Gasteiger partial charge in [-0.15, -0.1) is 0 Å². The molecule has 3 rings (SSSR count). The summed E-state index contributed by atoms with van der Waals surface area (Å²) in [7, 11) is 0. The highest BCUT2D eigenvalue weighted by Gasteiger charge is 2.43. The van der Waals surface area contributed by atoms with Crippen LogP contribution in [0.1, 0.15) is 46.5 Å². The van der Waals surface area contributed by atoms with Crippen molar-refractivity contribution in [3.05, 3.63) is 58.2 Å². The van der Waals surface area contributed by atoms with Gasteiger partial charge in [-0.25, -0.2) is 9.78 Å². The molecule has 3 amide bonds. The van der Waals surface area contributed by atoms with Crippen molar-refractivity contribution in [2.45, 2.75) is 32.5 Å². The van der Waals surface area contributed by atoms with E-state index in [1.807, 2.05) is 0 Å². The number of benzene rings is 1. The van der Waals surface area contributed by atoms with E-state index in [0.717, 1.165) is 4.90 Å². The van der Waals surface area contributed by atoms with Crippen molar-refractivity contribution < 1.29 is 37.1 Å². The third-order valence-corrected chi connectivity index (χ3v) is 5.16. The van der Waals surface area contributed by atoms with Gasteiger partial charge in [-0.2, -0.15) is 13.2 Å². The highest BCUT2D eigenvalue weighted by atomic mass is 35.5. The van der Waals surface area contributed by atoms with Crippen LogP contribution in [0.5, 0.6) is 0 Å². The number of alkyl halides is 3. The zero-order valence-corrected chi connectivity index (χ0v) is 18.7. The molecule has 1 aliphatic rings. The molecular weight excluding hydrogens is 479 g/mol. The average Bonchev–Trinajstić information content (AvgIpc) is 3.01. The minimum absolute atomic E-state index is 0.0954. The van der Waals surface area contributed by atoms with Gasteiger partial charge in [0, 0.05) is 6.20 Å². The highest BCUT2D eigenvalue weighted by molar-refractivity contribution is 6.33. The Hall–Kier alpha value is -3.47. The first kappa shape index (κ1) is 25.2. The Bertz CT molecular complexity index is 1120. The first-order chi connectivity index (χ1) is 15.9. The van der Waals surface area contributed by atoms with E-state index in [0.29, 0.717) is 12.3 Å². The Morgan fingerprint density at radius 3 is 2.24 bits per heavy atom. The monoisotopic (exact) mass is 497 g/mol. The van der Waals surface area contributed by atoms with Crippen LogP contribution in [-0.4, -0.2) is 46.2 Å². The predicted molar refractivity (Wildman–Crippen MR) is 114 cm³/mol. The molecule has 0 saturated carbocycles. The topological polar surface area (TPSA) is 106 Å². The van der Waals surface area contributed by atoms with Crippen LogP contribution in [0.15, 0.2) is 36.5 Å². The third kappa shape index (κ3) is 5.36. The summed E-state index contributed by atoms with van der Waals surface area (Å²) >= 11 is 5.75. The van der Waals surface area contributed by atoms with Gasteiger partial charge in [0.1, 0.15) is 6.04 Å². The lowest BCUT2D eigenvalue weighted by Gasteiger charge is -2.25. The van der Waals surface area contributed by atoms with E-state index in [9.17, 15) is 32.3 Å². The van der Waals surface area contributed by atoms with Crippen molar-refractivity contribution in [2.24, 2.45) is 5.92 Å². The number of amides is 3. The second-order valence-corrected chi connectivity index (χ2v) is 8.29. The van der Waals surface area contributed by atoms with E-state index in [1.165, 1.54) is 12.1 Å². The van der Waals surface area contributed by atoms with Crippen molar-refractivity contribution >= 4 is 41.1 Å². The molecular formula is C22H19ClF3N3O5. The van der Waals surface area contributed by atoms with Crippen molar-refractivity contribution in [3.63, 3.8) is 0 Å². The van der Waals surface area contributed by atoms with Gasteiger partial charge in [-0.1, -0.05) is 37.6 Å². The van der Waals surface area contributed by atoms with E-state index in [4.69, 9.17) is 16.3 Å². The lowest BCUT2D eigenvalue weighted by molar-refractivity contribution is -0.151. The van der Waals surface area contributed by atoms with Gasteiger partial charge in [0.2, 0.25) is 0 Å². The number of ether oxygens (including phenoxy) is 1. The van der Waals surface area contributed by atoms with Crippen LogP contribution in [0.3, 0.4) is 0 Å². The molecule has 2 aromatic rings. The number of halogens is 4. The van der Waals surface area contributed by atoms with E-state index in [2.05, 4.69) is 10.3 Å². The highest BCUT2D eigenvalue weighted by Crippen LogP contribution is 2.32. The minimum Gasteiger partial charge on any atom is -0.454 e. The van der Waals surface area contributed by atoms with Gasteiger partial charge in [-0.3, -0.25) is 19.3 Å². The third-order valence-electron chi connectivity index (χ3n) is 4.88. The average molecular weight is 498 g/mol. The summed E-state index contributed by atoms with van der Waals surface area (Å²) < 4.78 is 43.2. The summed E-state index contributed by atoms with van der Waals surface area (Å²) in [5, 5.41) is 1.69. The van der Waals surface area contributed by atoms with Gasteiger partial charge in [0.15, 0.2) is 12.4 Å². The molecule has 1 unspecified atom stereocenters. The number of rotatable bonds is 7. The van der Waals surface area contributed by atoms with E-state index >= 15 is 0 Å². The summed E-state index contributed by atoms with van der Waals surface area (Å²) in [5.41, 5.74) is -0.774. The molecule has 12 heteroatoms. The number of carbonyl (C=O) groups is 4. The Labute approximate surface area is 197 Å². The number of anilines is 1. The molecule has 34 heavy (non-hydrogen) atoms. The predicted octanol–water partition coefficient (Wildman–Crippen LogP) is 3.95. The maximum Gasteiger partial charge on any atom is 0.417 e. The molecule has 0 radical (unpaired) electrons. The number of pyridine rings is 1. The summed E-state index contributed by atoms with van der Waals surface area (Å²) in [6.07, 6.45) is -4.07. The molecule has 1 aliphatic heterocycles. The number of esters is 1. The van der Waals surface area contributed by atoms with E-state index < -0.39 is 53.1 Å². The van der Waals surface area contributed by atoms with Gasteiger partial charge in [-0.05, 0) is 30.5 Å². The number of carbonyl (C=O) groups excluding carboxylic acids is 4. The summed E-state index contributed by atoms with van der Waals surface area (Å²) in [6.45, 7) is 2.72. The Kier molecular flexibility index (Phi) is 7.25. The van der Waals surface area contributed by atoms with Crippen molar-refractivity contribution in [2.75, 3.05) is 11.9 Å². The number of imide groups is 1. The smallest absolute Gasteiger partial charge is 0.417 e. The molecule has 180 valence electrons. The number of nitrogens with zero attached hydrogens (tertiary/aromatic N) is 2. The molecule has 1 atom stereocenters. The van der Waals surface area contributed by atoms with E-state index in [-0.39, 0.29) is 29.3 Å². The van der Waals surface area contributed by atoms with Crippen LogP contribution in [0.25, 0.3) is 0 Å². The molecule has 1 N–H and O–H groups in total. The Morgan fingerprint density at radius 1 is 1.15 bits per heavy atom. The Balaban J connectivity index is 1.68. The fraction of sp³-hybridized carbons (Fsp3) is 0.318. The first-order valence-electron chi connectivity index (χ1n) is 10.1. The van der Waals surface area contributed by atoms with Crippen LogP contribution >= 0.6 is 11.6 Å². The molecule has 0 bridgehead atoms. The van der Waals surface area contributed by atoms with Gasteiger partial charge >= 0.3 is 12.1 Å². The second kappa shape index (κ2) is 9.80. The second-order valence-electron chi connectivity index (χ2n) is 7.88. The molecule has 8 nitrogen and oxygen atoms in total. The number of hydrogen-bond donors (Lipinski definition) is 1. The van der Waals surface area contributed by atoms with Crippen LogP contribution in [0, 0.1) is 5.92 Å². The van der Waals surface area contributed by atoms with Crippen LogP contribution in [0.4, 0.5) is 19.0 Å². The molecule has 2 heterocycles. The fourth-order valence-electron chi connectivity index (χ4n) is 3.33. The molecule has 0 saturated heterocycles. The van der Waals surface area contributed by atoms with Gasteiger partial charge < -0.3 is 10.1 Å². The summed E-state index contributed by atoms with van der Waals surface area (Å²) in [5.74, 6) is -3.65. The Morgan fingerprint density at radius 2 is 1.74 bits per heavy atom. The number of fused-ring (bicyclic) bond motifs is 1. The van der Waals surface area contributed by atoms with Crippen molar-refractivity contribution in [1.82, 2.24) is 9.88 Å². The first-order valence-corrected chi connectivity index (χ1v) is 10.4. The SMILES string of the molecule is CC(C)CC(C(=O)OCC(=O)Nc1ncc(C(F)(F)F)cc1Cl)N1C(=O)c2ccccc2C1=O. The lowest BCUT2D eigenvalue weighted by Crippen LogP contribution is -2.46. The van der Waals surface area contributed by atoms with Crippen LogP contribution in [-0.2, 0) is 20.5 Å². The molecule has 0 spiro atoms. The van der Waals surface area contributed by atoms with E-state index in [1.54, 1.807) is 26.0 Å². The van der Waals surface area contributed by atoms with Crippen molar-refractivity contribution in [3.8, 4) is 0 Å². The quantitative estimate of drug-likeness (QED) is 0.459. The molecule has 1 aromatic carbocycles. The normalized spacial score (nSPS) is 14.3.